The second-order valence-corrected chi connectivity index (χ2v) is 5.26. The standard InChI is InChI=1S/C15H13ClF3N3O/c1-8-5-9(14(20-2)21-7-8)6-11(23)10-3-4-12(15(17,18)19)22-13(10)16/h3-5,7H,6H2,1-2H3,(H,20,21). The van der Waals surface area contributed by atoms with Crippen LogP contribution in [0.2, 0.25) is 5.15 Å². The molecule has 2 aromatic rings. The highest BCUT2D eigenvalue weighted by atomic mass is 35.5. The molecule has 0 atom stereocenters. The second kappa shape index (κ2) is 6.54. The van der Waals surface area contributed by atoms with Gasteiger partial charge in [-0.3, -0.25) is 4.79 Å². The van der Waals surface area contributed by atoms with Crippen LogP contribution in [0.5, 0.6) is 0 Å². The van der Waals surface area contributed by atoms with Gasteiger partial charge in [-0.05, 0) is 24.6 Å². The predicted molar refractivity (Wildman–Crippen MR) is 80.8 cm³/mol. The monoisotopic (exact) mass is 343 g/mol. The number of pyridine rings is 2. The highest BCUT2D eigenvalue weighted by Gasteiger charge is 2.33. The highest BCUT2D eigenvalue weighted by Crippen LogP contribution is 2.30. The summed E-state index contributed by atoms with van der Waals surface area (Å²) in [6.45, 7) is 1.83. The number of alkyl halides is 3. The fourth-order valence-corrected chi connectivity index (χ4v) is 2.32. The Morgan fingerprint density at radius 1 is 1.35 bits per heavy atom. The maximum Gasteiger partial charge on any atom is 0.433 e. The molecule has 0 aliphatic rings. The summed E-state index contributed by atoms with van der Waals surface area (Å²) in [7, 11) is 1.66. The van der Waals surface area contributed by atoms with E-state index in [1.165, 1.54) is 0 Å². The number of Topliss-reactive ketones (excluding diaryl/α,β-unsaturated/α-hetero) is 1. The van der Waals surface area contributed by atoms with E-state index in [1.807, 2.05) is 6.92 Å². The molecule has 0 aromatic carbocycles. The van der Waals surface area contributed by atoms with Crippen LogP contribution >= 0.6 is 11.6 Å². The number of nitrogens with one attached hydrogen (secondary N) is 1. The smallest absolute Gasteiger partial charge is 0.373 e. The lowest BCUT2D eigenvalue weighted by atomic mass is 10.0. The fraction of sp³-hybridized carbons (Fsp3) is 0.267. The average molecular weight is 344 g/mol. The molecule has 0 aliphatic carbocycles. The van der Waals surface area contributed by atoms with E-state index in [-0.39, 0.29) is 12.0 Å². The van der Waals surface area contributed by atoms with Crippen molar-refractivity contribution in [3.8, 4) is 0 Å². The molecular formula is C15H13ClF3N3O. The van der Waals surface area contributed by atoms with Crippen molar-refractivity contribution in [1.82, 2.24) is 9.97 Å². The van der Waals surface area contributed by atoms with Gasteiger partial charge in [0.25, 0.3) is 0 Å². The molecule has 0 amide bonds. The van der Waals surface area contributed by atoms with E-state index in [2.05, 4.69) is 15.3 Å². The lowest BCUT2D eigenvalue weighted by Crippen LogP contribution is -2.12. The first kappa shape index (κ1) is 17.2. The van der Waals surface area contributed by atoms with Gasteiger partial charge in [-0.25, -0.2) is 9.97 Å². The molecule has 0 saturated heterocycles. The van der Waals surface area contributed by atoms with Crippen LogP contribution in [-0.4, -0.2) is 22.8 Å². The number of anilines is 1. The Balaban J connectivity index is 2.30. The molecule has 0 radical (unpaired) electrons. The number of halogens is 4. The van der Waals surface area contributed by atoms with Gasteiger partial charge in [-0.2, -0.15) is 13.2 Å². The van der Waals surface area contributed by atoms with E-state index >= 15 is 0 Å². The van der Waals surface area contributed by atoms with Gasteiger partial charge in [0.15, 0.2) is 5.78 Å². The van der Waals surface area contributed by atoms with Crippen LogP contribution in [0.4, 0.5) is 19.0 Å². The number of carbonyl (C=O) groups excluding carboxylic acids is 1. The van der Waals surface area contributed by atoms with Gasteiger partial charge in [0, 0.05) is 25.2 Å². The lowest BCUT2D eigenvalue weighted by molar-refractivity contribution is -0.141. The highest BCUT2D eigenvalue weighted by molar-refractivity contribution is 6.32. The van der Waals surface area contributed by atoms with Gasteiger partial charge >= 0.3 is 6.18 Å². The van der Waals surface area contributed by atoms with Crippen LogP contribution in [0, 0.1) is 6.92 Å². The van der Waals surface area contributed by atoms with Gasteiger partial charge in [0.05, 0.1) is 5.56 Å². The molecule has 4 nitrogen and oxygen atoms in total. The van der Waals surface area contributed by atoms with Gasteiger partial charge in [-0.15, -0.1) is 0 Å². The molecule has 2 rings (SSSR count). The SMILES string of the molecule is CNc1ncc(C)cc1CC(=O)c1ccc(C(F)(F)F)nc1Cl. The molecule has 0 unspecified atom stereocenters. The first-order chi connectivity index (χ1) is 10.7. The van der Waals surface area contributed by atoms with E-state index in [1.54, 1.807) is 19.3 Å². The molecule has 2 aromatic heterocycles. The zero-order valence-electron chi connectivity index (χ0n) is 12.3. The minimum absolute atomic E-state index is 0.0440. The van der Waals surface area contributed by atoms with Crippen molar-refractivity contribution >= 4 is 23.2 Å². The third-order valence-corrected chi connectivity index (χ3v) is 3.42. The van der Waals surface area contributed by atoms with Crippen LogP contribution in [0.3, 0.4) is 0 Å². The average Bonchev–Trinajstić information content (AvgIpc) is 2.46. The summed E-state index contributed by atoms with van der Waals surface area (Å²) < 4.78 is 37.7. The molecule has 2 heterocycles. The minimum Gasteiger partial charge on any atom is -0.373 e. The molecule has 0 fully saturated rings. The molecular weight excluding hydrogens is 331 g/mol. The first-order valence-corrected chi connectivity index (χ1v) is 7.00. The largest absolute Gasteiger partial charge is 0.433 e. The van der Waals surface area contributed by atoms with E-state index in [4.69, 9.17) is 11.6 Å². The van der Waals surface area contributed by atoms with Crippen molar-refractivity contribution in [2.24, 2.45) is 0 Å². The number of rotatable bonds is 4. The second-order valence-electron chi connectivity index (χ2n) is 4.90. The van der Waals surface area contributed by atoms with Crippen molar-refractivity contribution in [3.63, 3.8) is 0 Å². The van der Waals surface area contributed by atoms with E-state index in [0.29, 0.717) is 11.4 Å². The molecule has 0 saturated carbocycles. The fourth-order valence-electron chi connectivity index (χ4n) is 2.06. The quantitative estimate of drug-likeness (QED) is 0.675. The Hall–Kier alpha value is -2.15. The van der Waals surface area contributed by atoms with Crippen molar-refractivity contribution < 1.29 is 18.0 Å². The van der Waals surface area contributed by atoms with Crippen molar-refractivity contribution in [2.75, 3.05) is 12.4 Å². The Bertz CT molecular complexity index is 747. The Kier molecular flexibility index (Phi) is 4.89. The van der Waals surface area contributed by atoms with Crippen LogP contribution in [0.25, 0.3) is 0 Å². The van der Waals surface area contributed by atoms with Gasteiger partial charge < -0.3 is 5.32 Å². The Labute approximate surface area is 135 Å². The number of nitrogens with zero attached hydrogens (tertiary/aromatic N) is 2. The maximum absolute atomic E-state index is 12.6. The molecule has 23 heavy (non-hydrogen) atoms. The third-order valence-electron chi connectivity index (χ3n) is 3.13. The number of hydrogen-bond donors (Lipinski definition) is 1. The van der Waals surface area contributed by atoms with Crippen LogP contribution < -0.4 is 5.32 Å². The number of carbonyl (C=O) groups is 1. The zero-order chi connectivity index (χ0) is 17.2. The minimum atomic E-state index is -4.61. The van der Waals surface area contributed by atoms with Crippen molar-refractivity contribution in [2.45, 2.75) is 19.5 Å². The molecule has 1 N–H and O–H groups in total. The number of aryl methyl sites for hydroxylation is 1. The lowest BCUT2D eigenvalue weighted by Gasteiger charge is -2.10. The molecule has 0 bridgehead atoms. The third kappa shape index (κ3) is 3.98. The van der Waals surface area contributed by atoms with Gasteiger partial charge in [0.1, 0.15) is 16.7 Å². The first-order valence-electron chi connectivity index (χ1n) is 6.62. The summed E-state index contributed by atoms with van der Waals surface area (Å²) in [4.78, 5) is 19.7. The normalized spacial score (nSPS) is 11.4. The molecule has 122 valence electrons. The molecule has 0 spiro atoms. The van der Waals surface area contributed by atoms with Crippen LogP contribution in [0.15, 0.2) is 24.4 Å². The topological polar surface area (TPSA) is 54.9 Å². The van der Waals surface area contributed by atoms with Gasteiger partial charge in [-0.1, -0.05) is 17.7 Å². The summed E-state index contributed by atoms with van der Waals surface area (Å²) >= 11 is 5.74. The summed E-state index contributed by atoms with van der Waals surface area (Å²) in [6.07, 6.45) is -3.00. The summed E-state index contributed by atoms with van der Waals surface area (Å²) in [5, 5.41) is 2.40. The van der Waals surface area contributed by atoms with E-state index in [0.717, 1.165) is 17.7 Å². The van der Waals surface area contributed by atoms with Gasteiger partial charge in [0.2, 0.25) is 0 Å². The predicted octanol–water partition coefficient (Wildman–Crippen LogP) is 3.92. The zero-order valence-corrected chi connectivity index (χ0v) is 13.1. The Morgan fingerprint density at radius 2 is 2.04 bits per heavy atom. The number of aromatic nitrogens is 2. The molecule has 0 aliphatic heterocycles. The van der Waals surface area contributed by atoms with Crippen LogP contribution in [-0.2, 0) is 12.6 Å². The van der Waals surface area contributed by atoms with Crippen molar-refractivity contribution in [1.29, 1.82) is 0 Å². The summed E-state index contributed by atoms with van der Waals surface area (Å²) in [5.41, 5.74) is 0.312. The maximum atomic E-state index is 12.6. The summed E-state index contributed by atoms with van der Waals surface area (Å²) in [5.74, 6) is 0.0973. The van der Waals surface area contributed by atoms with E-state index in [9.17, 15) is 18.0 Å². The van der Waals surface area contributed by atoms with Crippen LogP contribution in [0.1, 0.15) is 27.2 Å². The molecule has 8 heteroatoms. The summed E-state index contributed by atoms with van der Waals surface area (Å²) in [6, 6.07) is 3.57. The Morgan fingerprint density at radius 3 is 2.61 bits per heavy atom. The number of hydrogen-bond acceptors (Lipinski definition) is 4. The van der Waals surface area contributed by atoms with Crippen molar-refractivity contribution in [3.05, 3.63) is 51.9 Å². The van der Waals surface area contributed by atoms with E-state index < -0.39 is 22.8 Å². The number of ketones is 1.